The molecule has 0 unspecified atom stereocenters. The maximum atomic E-state index is 14.0. The first-order valence-electron chi connectivity index (χ1n) is 6.54. The molecule has 0 aliphatic rings. The van der Waals surface area contributed by atoms with Crippen molar-refractivity contribution < 1.29 is 22.7 Å². The normalized spacial score (nSPS) is 11.4. The number of thiophene rings is 1. The summed E-state index contributed by atoms with van der Waals surface area (Å²) >= 11 is 4.05. The molecule has 0 aliphatic heterocycles. The molecule has 23 heavy (non-hydrogen) atoms. The Hall–Kier alpha value is -1.29. The average Bonchev–Trinajstić information content (AvgIpc) is 3.02. The Morgan fingerprint density at radius 1 is 1.35 bits per heavy atom. The number of amides is 1. The first kappa shape index (κ1) is 18.1. The van der Waals surface area contributed by atoms with Crippen molar-refractivity contribution in [2.45, 2.75) is 10.6 Å². The number of hydrogen-bond donors (Lipinski definition) is 1. The molecule has 124 valence electrons. The van der Waals surface area contributed by atoms with Crippen LogP contribution in [-0.2, 0) is 10.0 Å². The second-order valence-corrected chi connectivity index (χ2v) is 8.47. The van der Waals surface area contributed by atoms with Crippen LogP contribution < -0.4 is 0 Å². The number of nitrogens with zero attached hydrogens (tertiary/aromatic N) is 1. The minimum absolute atomic E-state index is 0.0127. The van der Waals surface area contributed by atoms with E-state index in [1.54, 1.807) is 11.4 Å². The molecule has 1 aromatic heterocycles. The monoisotopic (exact) mass is 421 g/mol. The average molecular weight is 422 g/mol. The van der Waals surface area contributed by atoms with Crippen LogP contribution in [0.25, 0.3) is 0 Å². The third-order valence-corrected chi connectivity index (χ3v) is 6.60. The smallest absolute Gasteiger partial charge is 0.276 e. The molecule has 1 aromatic carbocycles. The maximum Gasteiger partial charge on any atom is 0.276 e. The Bertz CT molecular complexity index is 793. The Balaban J connectivity index is 2.44. The van der Waals surface area contributed by atoms with Crippen LogP contribution in [0.5, 0.6) is 0 Å². The van der Waals surface area contributed by atoms with E-state index >= 15 is 0 Å². The Morgan fingerprint density at radius 2 is 2.09 bits per heavy atom. The van der Waals surface area contributed by atoms with Gasteiger partial charge in [-0.2, -0.15) is 0 Å². The molecule has 0 atom stereocenters. The van der Waals surface area contributed by atoms with Crippen molar-refractivity contribution in [3.05, 3.63) is 51.6 Å². The zero-order valence-electron chi connectivity index (χ0n) is 11.8. The van der Waals surface area contributed by atoms with Gasteiger partial charge in [-0.15, -0.1) is 11.3 Å². The van der Waals surface area contributed by atoms with Crippen molar-refractivity contribution in [1.29, 1.82) is 0 Å². The first-order valence-corrected chi connectivity index (χ1v) is 9.65. The molecule has 5 nitrogen and oxygen atoms in total. The lowest BCUT2D eigenvalue weighted by molar-refractivity contribution is 0.0851. The van der Waals surface area contributed by atoms with E-state index in [-0.39, 0.29) is 29.3 Å². The molecular formula is C14H13BrFNO4S2. The van der Waals surface area contributed by atoms with E-state index in [4.69, 9.17) is 5.11 Å². The molecule has 2 aromatic rings. The Morgan fingerprint density at radius 3 is 2.65 bits per heavy atom. The summed E-state index contributed by atoms with van der Waals surface area (Å²) in [6.45, 7) is -0.516. The summed E-state index contributed by atoms with van der Waals surface area (Å²) in [6, 6.07) is 6.69. The van der Waals surface area contributed by atoms with Crippen molar-refractivity contribution in [2.24, 2.45) is 0 Å². The van der Waals surface area contributed by atoms with Crippen LogP contribution in [0, 0.1) is 5.82 Å². The van der Waals surface area contributed by atoms with E-state index in [1.165, 1.54) is 18.2 Å². The Labute approximate surface area is 145 Å². The molecule has 1 heterocycles. The van der Waals surface area contributed by atoms with Crippen molar-refractivity contribution >= 4 is 43.2 Å². The summed E-state index contributed by atoms with van der Waals surface area (Å²) in [5.74, 6) is -1.78. The largest absolute Gasteiger partial charge is 0.396 e. The topological polar surface area (TPSA) is 74.7 Å². The van der Waals surface area contributed by atoms with Gasteiger partial charge in [0.1, 0.15) is 10.0 Å². The molecule has 0 radical (unpaired) electrons. The highest BCUT2D eigenvalue weighted by Gasteiger charge is 2.31. The highest BCUT2D eigenvalue weighted by Crippen LogP contribution is 2.24. The van der Waals surface area contributed by atoms with E-state index in [2.05, 4.69) is 15.9 Å². The number of aliphatic hydroxyl groups excluding tert-OH is 1. The Kier molecular flexibility index (Phi) is 5.90. The van der Waals surface area contributed by atoms with Gasteiger partial charge in [-0.3, -0.25) is 4.79 Å². The van der Waals surface area contributed by atoms with E-state index < -0.39 is 21.7 Å². The van der Waals surface area contributed by atoms with Gasteiger partial charge in [-0.1, -0.05) is 22.0 Å². The van der Waals surface area contributed by atoms with Crippen LogP contribution in [0.4, 0.5) is 4.39 Å². The van der Waals surface area contributed by atoms with Crippen LogP contribution >= 0.6 is 27.3 Å². The summed E-state index contributed by atoms with van der Waals surface area (Å²) in [4.78, 5) is 12.5. The van der Waals surface area contributed by atoms with E-state index in [1.807, 2.05) is 0 Å². The van der Waals surface area contributed by atoms with Crippen LogP contribution in [0.3, 0.4) is 0 Å². The van der Waals surface area contributed by atoms with Crippen LogP contribution in [0.1, 0.15) is 16.8 Å². The third-order valence-electron chi connectivity index (χ3n) is 2.95. The van der Waals surface area contributed by atoms with Gasteiger partial charge in [-0.25, -0.2) is 17.1 Å². The number of rotatable bonds is 6. The molecule has 1 N–H and O–H groups in total. The van der Waals surface area contributed by atoms with Gasteiger partial charge in [0.2, 0.25) is 0 Å². The van der Waals surface area contributed by atoms with Gasteiger partial charge < -0.3 is 5.11 Å². The molecule has 9 heteroatoms. The van der Waals surface area contributed by atoms with Gasteiger partial charge in [0.05, 0.1) is 5.56 Å². The van der Waals surface area contributed by atoms with Gasteiger partial charge in [0.15, 0.2) is 0 Å². The van der Waals surface area contributed by atoms with E-state index in [0.29, 0.717) is 8.78 Å². The highest BCUT2D eigenvalue weighted by molar-refractivity contribution is 9.10. The maximum absolute atomic E-state index is 14.0. The molecule has 0 bridgehead atoms. The van der Waals surface area contributed by atoms with Crippen molar-refractivity contribution in [3.63, 3.8) is 0 Å². The predicted molar refractivity (Wildman–Crippen MR) is 88.3 cm³/mol. The molecule has 0 saturated carbocycles. The molecule has 0 fully saturated rings. The third kappa shape index (κ3) is 3.97. The molecular weight excluding hydrogens is 409 g/mol. The SMILES string of the molecule is O=C(c1ccc(Br)cc1F)N(CCCO)S(=O)(=O)c1cccs1. The van der Waals surface area contributed by atoms with Crippen molar-refractivity contribution in [2.75, 3.05) is 13.2 Å². The first-order chi connectivity index (χ1) is 10.9. The lowest BCUT2D eigenvalue weighted by Gasteiger charge is -2.21. The second kappa shape index (κ2) is 7.52. The quantitative estimate of drug-likeness (QED) is 0.777. The molecule has 0 aliphatic carbocycles. The number of aliphatic hydroxyl groups is 1. The highest BCUT2D eigenvalue weighted by atomic mass is 79.9. The van der Waals surface area contributed by atoms with Gasteiger partial charge in [0, 0.05) is 17.6 Å². The summed E-state index contributed by atoms with van der Waals surface area (Å²) in [7, 11) is -4.09. The molecule has 1 amide bonds. The molecule has 2 rings (SSSR count). The fraction of sp³-hybridized carbons (Fsp3) is 0.214. The number of carbonyl (C=O) groups is 1. The summed E-state index contributed by atoms with van der Waals surface area (Å²) in [5, 5.41) is 10.5. The molecule has 0 spiro atoms. The zero-order valence-corrected chi connectivity index (χ0v) is 15.0. The minimum atomic E-state index is -4.09. The number of benzene rings is 1. The van der Waals surface area contributed by atoms with E-state index in [9.17, 15) is 17.6 Å². The second-order valence-electron chi connectivity index (χ2n) is 4.52. The van der Waals surface area contributed by atoms with E-state index in [0.717, 1.165) is 17.4 Å². The number of halogens is 2. The van der Waals surface area contributed by atoms with Crippen LogP contribution in [-0.4, -0.2) is 36.9 Å². The van der Waals surface area contributed by atoms with Crippen LogP contribution in [0.15, 0.2) is 44.4 Å². The fourth-order valence-corrected chi connectivity index (χ4v) is 4.72. The summed E-state index contributed by atoms with van der Waals surface area (Å²) in [6.07, 6.45) is 0.0640. The van der Waals surface area contributed by atoms with Gasteiger partial charge >= 0.3 is 0 Å². The standard InChI is InChI=1S/C14H13BrFNO4S2/c15-10-4-5-11(12(16)9-10)14(19)17(6-2-7-18)23(20,21)13-3-1-8-22-13/h1,3-5,8-9,18H,2,6-7H2. The van der Waals surface area contributed by atoms with Gasteiger partial charge in [-0.05, 0) is 36.1 Å². The van der Waals surface area contributed by atoms with Crippen LogP contribution in [0.2, 0.25) is 0 Å². The molecule has 0 saturated heterocycles. The number of sulfonamides is 1. The zero-order chi connectivity index (χ0) is 17.0. The lowest BCUT2D eigenvalue weighted by Crippen LogP contribution is -2.38. The lowest BCUT2D eigenvalue weighted by atomic mass is 10.2. The summed E-state index contributed by atoms with van der Waals surface area (Å²) < 4.78 is 40.2. The predicted octanol–water partition coefficient (Wildman–Crippen LogP) is 2.86. The number of hydrogen-bond acceptors (Lipinski definition) is 5. The summed E-state index contributed by atoms with van der Waals surface area (Å²) in [5.41, 5.74) is -0.341. The van der Waals surface area contributed by atoms with Gasteiger partial charge in [0.25, 0.3) is 15.9 Å². The fourth-order valence-electron chi connectivity index (χ4n) is 1.86. The van der Waals surface area contributed by atoms with Crippen molar-refractivity contribution in [3.8, 4) is 0 Å². The minimum Gasteiger partial charge on any atom is -0.396 e. The van der Waals surface area contributed by atoms with Crippen molar-refractivity contribution in [1.82, 2.24) is 4.31 Å². The number of carbonyl (C=O) groups excluding carboxylic acids is 1.